The lowest BCUT2D eigenvalue weighted by Gasteiger charge is -2.06. The SMILES string of the molecule is N#C/C(=C/Nc1cc(Cl)ccc1O)C(=O)NCCC(=O)O. The van der Waals surface area contributed by atoms with Crippen molar-refractivity contribution in [2.45, 2.75) is 6.42 Å². The van der Waals surface area contributed by atoms with E-state index < -0.39 is 11.9 Å². The molecule has 0 spiro atoms. The Morgan fingerprint density at radius 2 is 2.14 bits per heavy atom. The number of hydrogen-bond acceptors (Lipinski definition) is 5. The highest BCUT2D eigenvalue weighted by Gasteiger charge is 2.09. The molecule has 0 saturated carbocycles. The first-order chi connectivity index (χ1) is 9.93. The molecule has 1 aromatic carbocycles. The molecule has 7 nitrogen and oxygen atoms in total. The number of phenolic OH excluding ortho intramolecular Hbond substituents is 1. The van der Waals surface area contributed by atoms with Gasteiger partial charge in [-0.1, -0.05) is 11.6 Å². The first-order valence-corrected chi connectivity index (χ1v) is 6.17. The van der Waals surface area contributed by atoms with E-state index in [0.717, 1.165) is 6.20 Å². The number of amides is 1. The number of hydrogen-bond donors (Lipinski definition) is 4. The average molecular weight is 310 g/mol. The highest BCUT2D eigenvalue weighted by atomic mass is 35.5. The topological polar surface area (TPSA) is 122 Å². The maximum Gasteiger partial charge on any atom is 0.305 e. The number of aliphatic carboxylic acids is 1. The van der Waals surface area contributed by atoms with E-state index >= 15 is 0 Å². The fourth-order valence-electron chi connectivity index (χ4n) is 1.30. The number of nitrogens with one attached hydrogen (secondary N) is 2. The second-order valence-electron chi connectivity index (χ2n) is 3.88. The summed E-state index contributed by atoms with van der Waals surface area (Å²) < 4.78 is 0. The van der Waals surface area contributed by atoms with E-state index in [9.17, 15) is 14.7 Å². The van der Waals surface area contributed by atoms with E-state index in [1.807, 2.05) is 0 Å². The predicted molar refractivity (Wildman–Crippen MR) is 75.7 cm³/mol. The third-order valence-electron chi connectivity index (χ3n) is 2.32. The summed E-state index contributed by atoms with van der Waals surface area (Å²) >= 11 is 5.76. The summed E-state index contributed by atoms with van der Waals surface area (Å²) in [5, 5.41) is 32.1. The molecular formula is C13H12ClN3O4. The van der Waals surface area contributed by atoms with Crippen LogP contribution >= 0.6 is 11.6 Å². The van der Waals surface area contributed by atoms with Crippen LogP contribution in [0.3, 0.4) is 0 Å². The van der Waals surface area contributed by atoms with Crippen LogP contribution in [0.5, 0.6) is 5.75 Å². The minimum atomic E-state index is -1.06. The third-order valence-corrected chi connectivity index (χ3v) is 2.56. The number of carbonyl (C=O) groups is 2. The molecule has 1 amide bonds. The first-order valence-electron chi connectivity index (χ1n) is 5.79. The fourth-order valence-corrected chi connectivity index (χ4v) is 1.47. The first kappa shape index (κ1) is 16.3. The van der Waals surface area contributed by atoms with Crippen molar-refractivity contribution in [3.63, 3.8) is 0 Å². The number of carbonyl (C=O) groups excluding carboxylic acids is 1. The summed E-state index contributed by atoms with van der Waals surface area (Å²) in [7, 11) is 0. The van der Waals surface area contributed by atoms with Crippen molar-refractivity contribution in [1.29, 1.82) is 5.26 Å². The highest BCUT2D eigenvalue weighted by Crippen LogP contribution is 2.26. The lowest BCUT2D eigenvalue weighted by Crippen LogP contribution is -2.27. The maximum atomic E-state index is 11.6. The molecule has 0 atom stereocenters. The largest absolute Gasteiger partial charge is 0.506 e. The number of carboxylic acids is 1. The molecule has 0 fully saturated rings. The lowest BCUT2D eigenvalue weighted by molar-refractivity contribution is -0.136. The van der Waals surface area contributed by atoms with E-state index in [-0.39, 0.29) is 30.0 Å². The number of aromatic hydroxyl groups is 1. The van der Waals surface area contributed by atoms with Crippen LogP contribution in [0.4, 0.5) is 5.69 Å². The fraction of sp³-hybridized carbons (Fsp3) is 0.154. The lowest BCUT2D eigenvalue weighted by atomic mass is 10.2. The van der Waals surface area contributed by atoms with Crippen molar-refractivity contribution in [3.05, 3.63) is 35.0 Å². The molecule has 0 bridgehead atoms. The predicted octanol–water partition coefficient (Wildman–Crippen LogP) is 1.46. The minimum absolute atomic E-state index is 0.0877. The molecule has 0 unspecified atom stereocenters. The minimum Gasteiger partial charge on any atom is -0.506 e. The van der Waals surface area contributed by atoms with Crippen molar-refractivity contribution >= 4 is 29.2 Å². The van der Waals surface area contributed by atoms with E-state index in [1.165, 1.54) is 18.2 Å². The molecule has 0 heterocycles. The van der Waals surface area contributed by atoms with Gasteiger partial charge in [0, 0.05) is 17.8 Å². The molecule has 21 heavy (non-hydrogen) atoms. The Morgan fingerprint density at radius 1 is 1.43 bits per heavy atom. The number of carboxylic acid groups (broad SMARTS) is 1. The Balaban J connectivity index is 2.71. The van der Waals surface area contributed by atoms with Crippen molar-refractivity contribution < 1.29 is 19.8 Å². The van der Waals surface area contributed by atoms with Crippen LogP contribution < -0.4 is 10.6 Å². The normalized spacial score (nSPS) is 10.6. The Labute approximate surface area is 125 Å². The van der Waals surface area contributed by atoms with Crippen LogP contribution in [-0.2, 0) is 9.59 Å². The number of phenols is 1. The Morgan fingerprint density at radius 3 is 2.76 bits per heavy atom. The van der Waals surface area contributed by atoms with E-state index in [0.29, 0.717) is 5.02 Å². The van der Waals surface area contributed by atoms with Gasteiger partial charge in [0.15, 0.2) is 0 Å². The molecule has 0 aliphatic carbocycles. The standard InChI is InChI=1S/C13H12ClN3O4/c14-9-1-2-11(18)10(5-9)17-7-8(6-15)13(21)16-4-3-12(19)20/h1-2,5,7,17-18H,3-4H2,(H,16,21)(H,19,20)/b8-7-. The molecule has 110 valence electrons. The number of benzene rings is 1. The zero-order chi connectivity index (χ0) is 15.8. The van der Waals surface area contributed by atoms with Gasteiger partial charge in [0.2, 0.25) is 0 Å². The van der Waals surface area contributed by atoms with E-state index in [4.69, 9.17) is 22.0 Å². The third kappa shape index (κ3) is 5.42. The average Bonchev–Trinajstić information content (AvgIpc) is 2.42. The van der Waals surface area contributed by atoms with Crippen LogP contribution in [-0.4, -0.2) is 28.6 Å². The molecule has 0 radical (unpaired) electrons. The summed E-state index contributed by atoms with van der Waals surface area (Å²) in [6.45, 7) is -0.0877. The van der Waals surface area contributed by atoms with Gasteiger partial charge < -0.3 is 20.8 Å². The van der Waals surface area contributed by atoms with Crippen LogP contribution in [0.1, 0.15) is 6.42 Å². The van der Waals surface area contributed by atoms with Crippen LogP contribution in [0.25, 0.3) is 0 Å². The number of anilines is 1. The van der Waals surface area contributed by atoms with Crippen molar-refractivity contribution in [3.8, 4) is 11.8 Å². The van der Waals surface area contributed by atoms with Crippen molar-refractivity contribution in [1.82, 2.24) is 5.32 Å². The van der Waals surface area contributed by atoms with Gasteiger partial charge in [-0.15, -0.1) is 0 Å². The number of nitriles is 1. The Hall–Kier alpha value is -2.72. The summed E-state index contributed by atoms with van der Waals surface area (Å²) in [5.74, 6) is -1.87. The van der Waals surface area contributed by atoms with E-state index in [2.05, 4.69) is 10.6 Å². The molecule has 0 aliphatic heterocycles. The zero-order valence-corrected chi connectivity index (χ0v) is 11.5. The van der Waals surface area contributed by atoms with E-state index in [1.54, 1.807) is 6.07 Å². The smallest absolute Gasteiger partial charge is 0.305 e. The van der Waals surface area contributed by atoms with Gasteiger partial charge in [-0.3, -0.25) is 9.59 Å². The molecule has 1 aromatic rings. The van der Waals surface area contributed by atoms with Gasteiger partial charge in [-0.2, -0.15) is 5.26 Å². The number of halogens is 1. The number of nitrogens with zero attached hydrogens (tertiary/aromatic N) is 1. The summed E-state index contributed by atoms with van der Waals surface area (Å²) in [4.78, 5) is 21.9. The second-order valence-corrected chi connectivity index (χ2v) is 4.31. The van der Waals surface area contributed by atoms with Crippen molar-refractivity contribution in [2.24, 2.45) is 0 Å². The number of rotatable bonds is 6. The van der Waals surface area contributed by atoms with Gasteiger partial charge in [0.25, 0.3) is 5.91 Å². The zero-order valence-electron chi connectivity index (χ0n) is 10.8. The van der Waals surface area contributed by atoms with Crippen molar-refractivity contribution in [2.75, 3.05) is 11.9 Å². The molecule has 1 rings (SSSR count). The van der Waals surface area contributed by atoms with Gasteiger partial charge in [-0.05, 0) is 18.2 Å². The van der Waals surface area contributed by atoms with Gasteiger partial charge in [0.05, 0.1) is 12.1 Å². The maximum absolute atomic E-state index is 11.6. The Bertz CT molecular complexity index is 622. The summed E-state index contributed by atoms with van der Waals surface area (Å²) in [6, 6.07) is 5.93. The second kappa shape index (κ2) is 7.77. The highest BCUT2D eigenvalue weighted by molar-refractivity contribution is 6.30. The molecule has 0 saturated heterocycles. The summed E-state index contributed by atoms with van der Waals surface area (Å²) in [5.41, 5.74) is -0.0339. The van der Waals surface area contributed by atoms with Crippen LogP contribution in [0, 0.1) is 11.3 Å². The van der Waals surface area contributed by atoms with Gasteiger partial charge >= 0.3 is 5.97 Å². The molecule has 0 aliphatic rings. The summed E-state index contributed by atoms with van der Waals surface area (Å²) in [6.07, 6.45) is 0.856. The monoisotopic (exact) mass is 309 g/mol. The van der Waals surface area contributed by atoms with Gasteiger partial charge in [0.1, 0.15) is 17.4 Å². The molecule has 8 heteroatoms. The molecule has 4 N–H and O–H groups in total. The van der Waals surface area contributed by atoms with Crippen LogP contribution in [0.15, 0.2) is 30.0 Å². The van der Waals surface area contributed by atoms with Crippen LogP contribution in [0.2, 0.25) is 5.02 Å². The molecular weight excluding hydrogens is 298 g/mol. The Kier molecular flexibility index (Phi) is 6.04. The quantitative estimate of drug-likeness (QED) is 0.358. The molecule has 0 aromatic heterocycles. The van der Waals surface area contributed by atoms with Gasteiger partial charge in [-0.25, -0.2) is 0 Å².